The zero-order valence-corrected chi connectivity index (χ0v) is 20.5. The molecule has 1 fully saturated rings. The summed E-state index contributed by atoms with van der Waals surface area (Å²) in [6, 6.07) is -3.82. The number of nitrogens with one attached hydrogen (secondary N) is 3. The largest absolute Gasteiger partial charge is 0.467 e. The molecule has 2 rings (SSSR count). The average Bonchev–Trinajstić information content (AvgIpc) is 3.52. The van der Waals surface area contributed by atoms with E-state index in [1.54, 1.807) is 6.20 Å². The molecule has 5 atom stereocenters. The van der Waals surface area contributed by atoms with E-state index in [0.717, 1.165) is 7.11 Å². The van der Waals surface area contributed by atoms with Gasteiger partial charge in [-0.05, 0) is 18.8 Å². The number of rotatable bonds is 11. The number of halogens is 1. The summed E-state index contributed by atoms with van der Waals surface area (Å²) in [6.07, 6.45) is 4.82. The molecular weight excluding hydrogens is 468 g/mol. The van der Waals surface area contributed by atoms with Gasteiger partial charge in [0.2, 0.25) is 17.7 Å². The first-order valence-corrected chi connectivity index (χ1v) is 11.1. The monoisotopic (exact) mass is 502 g/mol. The summed E-state index contributed by atoms with van der Waals surface area (Å²) >= 11 is 0. The third-order valence-corrected chi connectivity index (χ3v) is 5.98. The number of carbonyl (C=O) groups is 4. The quantitative estimate of drug-likeness (QED) is 0.236. The molecule has 0 aromatic carbocycles. The van der Waals surface area contributed by atoms with Crippen molar-refractivity contribution < 1.29 is 29.0 Å². The topological polar surface area (TPSA) is 180 Å². The summed E-state index contributed by atoms with van der Waals surface area (Å²) < 4.78 is 4.57. The predicted octanol–water partition coefficient (Wildman–Crippen LogP) is -1.13. The van der Waals surface area contributed by atoms with E-state index in [0.29, 0.717) is 31.5 Å². The number of aliphatic hydroxyl groups excluding tert-OH is 1. The van der Waals surface area contributed by atoms with Gasteiger partial charge in [0.1, 0.15) is 12.1 Å². The van der Waals surface area contributed by atoms with E-state index in [-0.39, 0.29) is 24.7 Å². The number of amides is 3. The highest BCUT2D eigenvalue weighted by molar-refractivity contribution is 5.94. The number of H-pyrrole nitrogens is 1. The van der Waals surface area contributed by atoms with Gasteiger partial charge in [0.25, 0.3) is 0 Å². The maximum absolute atomic E-state index is 13.4. The molecular formula is C21H35ClN6O6. The molecule has 0 saturated carbocycles. The van der Waals surface area contributed by atoms with Gasteiger partial charge in [-0.1, -0.05) is 20.3 Å². The van der Waals surface area contributed by atoms with Crippen LogP contribution in [0.15, 0.2) is 12.5 Å². The third kappa shape index (κ3) is 7.40. The number of esters is 1. The molecule has 12 nitrogen and oxygen atoms in total. The fourth-order valence-electron chi connectivity index (χ4n) is 3.69. The molecule has 34 heavy (non-hydrogen) atoms. The molecule has 1 aliphatic rings. The second-order valence-corrected chi connectivity index (χ2v) is 8.21. The van der Waals surface area contributed by atoms with E-state index in [2.05, 4.69) is 25.3 Å². The van der Waals surface area contributed by atoms with Crippen LogP contribution in [0.3, 0.4) is 0 Å². The fraction of sp³-hybridized carbons (Fsp3) is 0.667. The number of aromatic nitrogens is 2. The Balaban J connectivity index is 0.00000578. The van der Waals surface area contributed by atoms with Crippen LogP contribution in [-0.2, 0) is 30.3 Å². The molecule has 1 saturated heterocycles. The molecule has 1 aromatic heterocycles. The summed E-state index contributed by atoms with van der Waals surface area (Å²) in [5.41, 5.74) is 6.68. The number of hydrogen-bond acceptors (Lipinski definition) is 8. The van der Waals surface area contributed by atoms with Gasteiger partial charge in [0.05, 0.1) is 26.1 Å². The van der Waals surface area contributed by atoms with Gasteiger partial charge in [0.15, 0.2) is 6.04 Å². The molecule has 1 aromatic rings. The minimum Gasteiger partial charge on any atom is -0.467 e. The van der Waals surface area contributed by atoms with Crippen LogP contribution >= 0.6 is 12.4 Å². The number of aliphatic hydroxyl groups is 1. The van der Waals surface area contributed by atoms with Crippen molar-refractivity contribution in [1.29, 1.82) is 0 Å². The van der Waals surface area contributed by atoms with Gasteiger partial charge < -0.3 is 36.1 Å². The lowest BCUT2D eigenvalue weighted by Crippen LogP contribution is -2.58. The van der Waals surface area contributed by atoms with Crippen LogP contribution in [0.5, 0.6) is 0 Å². The third-order valence-electron chi connectivity index (χ3n) is 5.98. The highest BCUT2D eigenvalue weighted by Crippen LogP contribution is 2.20. The van der Waals surface area contributed by atoms with E-state index < -0.39 is 54.5 Å². The van der Waals surface area contributed by atoms with Gasteiger partial charge in [-0.2, -0.15) is 0 Å². The van der Waals surface area contributed by atoms with Crippen molar-refractivity contribution in [2.24, 2.45) is 11.7 Å². The lowest BCUT2D eigenvalue weighted by molar-refractivity contribution is -0.147. The number of nitrogens with zero attached hydrogens (tertiary/aromatic N) is 2. The number of likely N-dealkylation sites (tertiary alicyclic amines) is 1. The first-order valence-electron chi connectivity index (χ1n) is 11.1. The van der Waals surface area contributed by atoms with Crippen LogP contribution in [0.25, 0.3) is 0 Å². The lowest BCUT2D eigenvalue weighted by Gasteiger charge is -2.30. The van der Waals surface area contributed by atoms with Gasteiger partial charge in [0, 0.05) is 24.9 Å². The van der Waals surface area contributed by atoms with Crippen molar-refractivity contribution in [3.63, 3.8) is 0 Å². The fourth-order valence-corrected chi connectivity index (χ4v) is 3.69. The molecule has 0 spiro atoms. The van der Waals surface area contributed by atoms with Gasteiger partial charge >= 0.3 is 5.97 Å². The van der Waals surface area contributed by atoms with Crippen molar-refractivity contribution in [2.45, 2.75) is 63.7 Å². The number of imidazole rings is 1. The Bertz CT molecular complexity index is 823. The standard InChI is InChI=1S/C21H34N6O6.ClH/c1-4-12(2)17(22)19(30)25-14(8-13-9-23-11-24-13)20(31)27-7-5-6-16(27)18(29)26-15(10-28)21(32)33-3;/h9,11-12,14-17,28H,4-8,10,22H2,1-3H3,(H,23,24)(H,25,30)(H,26,29);1H. The Kier molecular flexibility index (Phi) is 12.0. The lowest BCUT2D eigenvalue weighted by atomic mass is 9.98. The van der Waals surface area contributed by atoms with Crippen LogP contribution in [-0.4, -0.2) is 88.1 Å². The average molecular weight is 503 g/mol. The van der Waals surface area contributed by atoms with Crippen molar-refractivity contribution in [3.8, 4) is 0 Å². The van der Waals surface area contributed by atoms with Crippen molar-refractivity contribution in [1.82, 2.24) is 25.5 Å². The maximum Gasteiger partial charge on any atom is 0.330 e. The zero-order chi connectivity index (χ0) is 24.5. The Morgan fingerprint density at radius 1 is 1.32 bits per heavy atom. The minimum absolute atomic E-state index is 0. The minimum atomic E-state index is -1.23. The van der Waals surface area contributed by atoms with Gasteiger partial charge in [-0.3, -0.25) is 14.4 Å². The van der Waals surface area contributed by atoms with Crippen LogP contribution in [0.1, 0.15) is 38.8 Å². The summed E-state index contributed by atoms with van der Waals surface area (Å²) in [7, 11) is 1.15. The van der Waals surface area contributed by atoms with Crippen molar-refractivity contribution in [2.75, 3.05) is 20.3 Å². The Morgan fingerprint density at radius 2 is 2.03 bits per heavy atom. The van der Waals surface area contributed by atoms with E-state index in [9.17, 15) is 24.3 Å². The van der Waals surface area contributed by atoms with Gasteiger partial charge in [-0.25, -0.2) is 9.78 Å². The Labute approximate surface area is 204 Å². The summed E-state index contributed by atoms with van der Waals surface area (Å²) in [5.74, 6) is -2.33. The molecule has 6 N–H and O–H groups in total. The smallest absolute Gasteiger partial charge is 0.330 e. The molecule has 3 amide bonds. The number of hydrogen-bond donors (Lipinski definition) is 5. The van der Waals surface area contributed by atoms with Crippen molar-refractivity contribution >= 4 is 36.1 Å². The number of carbonyl (C=O) groups excluding carboxylic acids is 4. The molecule has 0 bridgehead atoms. The number of methoxy groups -OCH3 is 1. The highest BCUT2D eigenvalue weighted by atomic mass is 35.5. The van der Waals surface area contributed by atoms with Crippen molar-refractivity contribution in [3.05, 3.63) is 18.2 Å². The SMILES string of the molecule is CCC(C)C(N)C(=O)NC(Cc1cnc[nH]1)C(=O)N1CCCC1C(=O)NC(CO)C(=O)OC.Cl. The van der Waals surface area contributed by atoms with Crippen LogP contribution < -0.4 is 16.4 Å². The van der Waals surface area contributed by atoms with E-state index in [1.165, 1.54) is 11.2 Å². The first kappa shape index (κ1) is 29.3. The van der Waals surface area contributed by atoms with Crippen LogP contribution in [0.2, 0.25) is 0 Å². The van der Waals surface area contributed by atoms with Gasteiger partial charge in [-0.15, -0.1) is 12.4 Å². The second-order valence-electron chi connectivity index (χ2n) is 8.21. The highest BCUT2D eigenvalue weighted by Gasteiger charge is 2.39. The first-order chi connectivity index (χ1) is 15.7. The Morgan fingerprint density at radius 3 is 2.59 bits per heavy atom. The van der Waals surface area contributed by atoms with E-state index in [4.69, 9.17) is 5.73 Å². The molecule has 192 valence electrons. The molecule has 0 radical (unpaired) electrons. The predicted molar refractivity (Wildman–Crippen MR) is 125 cm³/mol. The molecule has 0 aliphatic carbocycles. The van der Waals surface area contributed by atoms with Crippen LogP contribution in [0, 0.1) is 5.92 Å². The second kappa shape index (κ2) is 13.9. The normalized spacial score (nSPS) is 18.7. The number of nitrogens with two attached hydrogens (primary N) is 1. The summed E-state index contributed by atoms with van der Waals surface area (Å²) in [4.78, 5) is 58.9. The zero-order valence-electron chi connectivity index (χ0n) is 19.7. The number of ether oxygens (including phenoxy) is 1. The summed E-state index contributed by atoms with van der Waals surface area (Å²) in [6.45, 7) is 3.46. The number of aromatic amines is 1. The molecule has 13 heteroatoms. The molecule has 2 heterocycles. The van der Waals surface area contributed by atoms with E-state index in [1.807, 2.05) is 13.8 Å². The van der Waals surface area contributed by atoms with E-state index >= 15 is 0 Å². The summed E-state index contributed by atoms with van der Waals surface area (Å²) in [5, 5.41) is 14.5. The van der Waals surface area contributed by atoms with Crippen LogP contribution in [0.4, 0.5) is 0 Å². The Hall–Kier alpha value is -2.70. The molecule has 1 aliphatic heterocycles. The maximum atomic E-state index is 13.4. The molecule has 5 unspecified atom stereocenters.